The van der Waals surface area contributed by atoms with Gasteiger partial charge in [0.05, 0.1) is 18.5 Å². The number of aliphatic hydroxyl groups is 1. The molecule has 0 atom stereocenters. The van der Waals surface area contributed by atoms with Crippen molar-refractivity contribution < 1.29 is 27.8 Å². The molecule has 0 bridgehead atoms. The van der Waals surface area contributed by atoms with E-state index in [1.165, 1.54) is 0 Å². The molecule has 1 aromatic heterocycles. The fourth-order valence-electron chi connectivity index (χ4n) is 1.88. The number of carbonyl (C=O) groups excluding carboxylic acids is 1. The second-order valence-corrected chi connectivity index (χ2v) is 5.07. The molecule has 0 aliphatic rings. The zero-order valence-electron chi connectivity index (χ0n) is 14.2. The van der Waals surface area contributed by atoms with Gasteiger partial charge in [-0.05, 0) is 31.9 Å². The van der Waals surface area contributed by atoms with Crippen molar-refractivity contribution in [3.63, 3.8) is 0 Å². The van der Waals surface area contributed by atoms with Crippen LogP contribution in [0.2, 0.25) is 0 Å². The third-order valence-corrected chi connectivity index (χ3v) is 3.12. The van der Waals surface area contributed by atoms with Gasteiger partial charge in [-0.3, -0.25) is 0 Å². The lowest BCUT2D eigenvalue weighted by Gasteiger charge is -2.16. The molecule has 10 heteroatoms. The van der Waals surface area contributed by atoms with Crippen LogP contribution in [-0.4, -0.2) is 42.0 Å². The van der Waals surface area contributed by atoms with E-state index in [0.717, 1.165) is 24.5 Å². The number of carbonyl (C=O) groups is 1. The second kappa shape index (κ2) is 10.4. The molecule has 0 amide bonds. The van der Waals surface area contributed by atoms with Crippen LogP contribution >= 0.6 is 0 Å². The summed E-state index contributed by atoms with van der Waals surface area (Å²) in [5, 5.41) is 21.9. The van der Waals surface area contributed by atoms with Crippen molar-refractivity contribution in [3.8, 4) is 0 Å². The van der Waals surface area contributed by atoms with Crippen LogP contribution in [0.5, 0.6) is 0 Å². The number of aliphatic hydroxyl groups excluding tert-OH is 1. The van der Waals surface area contributed by atoms with Gasteiger partial charge in [0.15, 0.2) is 0 Å². The van der Waals surface area contributed by atoms with Crippen LogP contribution in [0.1, 0.15) is 25.5 Å². The molecule has 7 nitrogen and oxygen atoms in total. The van der Waals surface area contributed by atoms with Crippen molar-refractivity contribution >= 4 is 17.9 Å². The number of nitrogens with one attached hydrogen (secondary N) is 3. The van der Waals surface area contributed by atoms with Crippen LogP contribution < -0.4 is 10.6 Å². The maximum absolute atomic E-state index is 12.6. The first-order chi connectivity index (χ1) is 12.3. The van der Waals surface area contributed by atoms with E-state index in [9.17, 15) is 18.0 Å². The number of hydrogen-bond acceptors (Lipinski definition) is 7. The predicted octanol–water partition coefficient (Wildman–Crippen LogP) is 2.30. The van der Waals surface area contributed by atoms with Gasteiger partial charge in [-0.25, -0.2) is 9.78 Å². The number of hydrogen-bond donors (Lipinski definition) is 4. The van der Waals surface area contributed by atoms with Gasteiger partial charge < -0.3 is 25.9 Å². The highest BCUT2D eigenvalue weighted by molar-refractivity contribution is 6.09. The number of pyridine rings is 1. The van der Waals surface area contributed by atoms with Crippen molar-refractivity contribution in [1.82, 2.24) is 10.3 Å². The first-order valence-electron chi connectivity index (χ1n) is 7.90. The number of halogens is 3. The highest BCUT2D eigenvalue weighted by atomic mass is 19.4. The molecular weight excluding hydrogens is 353 g/mol. The van der Waals surface area contributed by atoms with Gasteiger partial charge in [-0.2, -0.15) is 13.2 Å². The summed E-state index contributed by atoms with van der Waals surface area (Å²) in [7, 11) is 0. The van der Waals surface area contributed by atoms with Gasteiger partial charge >= 0.3 is 12.1 Å². The van der Waals surface area contributed by atoms with E-state index in [0.29, 0.717) is 19.4 Å². The maximum Gasteiger partial charge on any atom is 0.433 e. The molecule has 0 aliphatic heterocycles. The Bertz CT molecular complexity index is 631. The molecule has 0 aliphatic carbocycles. The second-order valence-electron chi connectivity index (χ2n) is 5.07. The highest BCUT2D eigenvalue weighted by Crippen LogP contribution is 2.28. The summed E-state index contributed by atoms with van der Waals surface area (Å²) in [5.41, 5.74) is -0.954. The van der Waals surface area contributed by atoms with E-state index in [4.69, 9.17) is 15.3 Å². The molecular formula is C16H21F3N4O3. The van der Waals surface area contributed by atoms with Gasteiger partial charge in [-0.1, -0.05) is 0 Å². The van der Waals surface area contributed by atoms with Crippen LogP contribution in [0.25, 0.3) is 0 Å². The Morgan fingerprint density at radius 3 is 2.62 bits per heavy atom. The lowest BCUT2D eigenvalue weighted by molar-refractivity contribution is -0.141. The Balaban J connectivity index is 3.03. The molecule has 0 aromatic carbocycles. The molecule has 0 unspecified atom stereocenters. The molecule has 0 radical (unpaired) electrons. The number of nitrogens with zero attached hydrogens (tertiary/aromatic N) is 1. The average molecular weight is 374 g/mol. The van der Waals surface area contributed by atoms with Crippen molar-refractivity contribution in [3.05, 3.63) is 35.4 Å². The van der Waals surface area contributed by atoms with E-state index in [-0.39, 0.29) is 30.3 Å². The molecule has 26 heavy (non-hydrogen) atoms. The summed E-state index contributed by atoms with van der Waals surface area (Å²) in [6.45, 7) is 2.09. The topological polar surface area (TPSA) is 107 Å². The van der Waals surface area contributed by atoms with Crippen LogP contribution in [0, 0.1) is 5.41 Å². The lowest BCUT2D eigenvalue weighted by atomic mass is 10.2. The largest absolute Gasteiger partial charge is 0.462 e. The van der Waals surface area contributed by atoms with Gasteiger partial charge in [0.25, 0.3) is 0 Å². The zero-order valence-corrected chi connectivity index (χ0v) is 14.2. The van der Waals surface area contributed by atoms with E-state index in [1.807, 2.05) is 0 Å². The average Bonchev–Trinajstić information content (AvgIpc) is 2.59. The van der Waals surface area contributed by atoms with Crippen LogP contribution in [0.3, 0.4) is 0 Å². The molecule has 1 rings (SSSR count). The van der Waals surface area contributed by atoms with Crippen molar-refractivity contribution in [2.75, 3.05) is 25.1 Å². The Kier molecular flexibility index (Phi) is 8.56. The fraction of sp³-hybridized carbons (Fsp3) is 0.438. The first kappa shape index (κ1) is 21.4. The van der Waals surface area contributed by atoms with E-state index < -0.39 is 17.8 Å². The normalized spacial score (nSPS) is 12.2. The number of rotatable bonds is 10. The lowest BCUT2D eigenvalue weighted by Crippen LogP contribution is -2.27. The zero-order chi connectivity index (χ0) is 19.6. The minimum atomic E-state index is -4.55. The molecule has 0 spiro atoms. The number of ether oxygens (including phenoxy) is 1. The maximum atomic E-state index is 12.6. The number of anilines is 1. The minimum absolute atomic E-state index is 0.00623. The van der Waals surface area contributed by atoms with Gasteiger partial charge in [0.1, 0.15) is 17.1 Å². The Labute approximate surface area is 148 Å². The van der Waals surface area contributed by atoms with E-state index in [2.05, 4.69) is 15.6 Å². The quantitative estimate of drug-likeness (QED) is 0.217. The predicted molar refractivity (Wildman–Crippen MR) is 89.6 cm³/mol. The minimum Gasteiger partial charge on any atom is -0.462 e. The van der Waals surface area contributed by atoms with Crippen molar-refractivity contribution in [1.29, 1.82) is 5.41 Å². The summed E-state index contributed by atoms with van der Waals surface area (Å²) in [6, 6.07) is 1.97. The van der Waals surface area contributed by atoms with Crippen molar-refractivity contribution in [2.24, 2.45) is 0 Å². The smallest absolute Gasteiger partial charge is 0.433 e. The third kappa shape index (κ3) is 6.71. The molecule has 1 aromatic rings. The summed E-state index contributed by atoms with van der Waals surface area (Å²) in [5.74, 6) is -0.641. The fourth-order valence-corrected chi connectivity index (χ4v) is 1.88. The number of aromatic nitrogens is 1. The molecule has 1 heterocycles. The third-order valence-electron chi connectivity index (χ3n) is 3.12. The van der Waals surface area contributed by atoms with Gasteiger partial charge in [-0.15, -0.1) is 0 Å². The summed E-state index contributed by atoms with van der Waals surface area (Å²) >= 11 is 0. The molecule has 0 fully saturated rings. The van der Waals surface area contributed by atoms with Crippen LogP contribution in [0.4, 0.5) is 18.9 Å². The summed E-state index contributed by atoms with van der Waals surface area (Å²) < 4.78 is 42.6. The van der Waals surface area contributed by atoms with Crippen LogP contribution in [0.15, 0.2) is 29.7 Å². The number of unbranched alkanes of at least 4 members (excludes halogenated alkanes) is 1. The first-order valence-corrected chi connectivity index (χ1v) is 7.90. The SMILES string of the molecule is CCOC(=O)/C(C=N)=C(\NCCCCO)Nc1ccc(C(F)(F)F)nc1. The summed E-state index contributed by atoms with van der Waals surface area (Å²) in [4.78, 5) is 15.3. The monoisotopic (exact) mass is 374 g/mol. The standard InChI is InChI=1S/C16H21F3N4O3/c1-2-26-15(25)12(9-20)14(21-7-3-4-8-24)23-11-5-6-13(22-10-11)16(17,18)19/h5-6,9-10,20-21,23-24H,2-4,7-8H2,1H3/b14-12+,20-9?. The van der Waals surface area contributed by atoms with Gasteiger partial charge in [0, 0.05) is 19.4 Å². The Morgan fingerprint density at radius 1 is 1.38 bits per heavy atom. The Hall–Kier alpha value is -2.62. The van der Waals surface area contributed by atoms with Crippen LogP contribution in [-0.2, 0) is 15.7 Å². The molecule has 144 valence electrons. The highest BCUT2D eigenvalue weighted by Gasteiger charge is 2.32. The number of alkyl halides is 3. The van der Waals surface area contributed by atoms with E-state index >= 15 is 0 Å². The molecule has 4 N–H and O–H groups in total. The summed E-state index contributed by atoms with van der Waals surface area (Å²) in [6.07, 6.45) is -1.67. The molecule has 0 saturated heterocycles. The Morgan fingerprint density at radius 2 is 2.12 bits per heavy atom. The molecule has 0 saturated carbocycles. The van der Waals surface area contributed by atoms with Crippen molar-refractivity contribution in [2.45, 2.75) is 25.9 Å². The van der Waals surface area contributed by atoms with Gasteiger partial charge in [0.2, 0.25) is 0 Å². The number of esters is 1. The van der Waals surface area contributed by atoms with E-state index in [1.54, 1.807) is 6.92 Å².